The summed E-state index contributed by atoms with van der Waals surface area (Å²) in [5.74, 6) is -0.499. The molecule has 6 nitrogen and oxygen atoms in total. The van der Waals surface area contributed by atoms with Crippen LogP contribution >= 0.6 is 0 Å². The number of carbonyl (C=O) groups is 2. The number of carboxylic acid groups (broad SMARTS) is 1. The maximum Gasteiger partial charge on any atom is 0.407 e. The van der Waals surface area contributed by atoms with Gasteiger partial charge in [-0.25, -0.2) is 9.59 Å². The molecule has 37 heavy (non-hydrogen) atoms. The Kier molecular flexibility index (Phi) is 6.90. The van der Waals surface area contributed by atoms with Crippen LogP contribution in [0.1, 0.15) is 22.6 Å². The molecule has 5 rings (SSSR count). The van der Waals surface area contributed by atoms with E-state index in [1.54, 1.807) is 7.11 Å². The van der Waals surface area contributed by atoms with Gasteiger partial charge in [-0.1, -0.05) is 91.0 Å². The van der Waals surface area contributed by atoms with E-state index in [1.807, 2.05) is 84.9 Å². The monoisotopic (exact) mass is 493 g/mol. The van der Waals surface area contributed by atoms with Gasteiger partial charge in [0.05, 0.1) is 7.11 Å². The molecule has 0 unspecified atom stereocenters. The van der Waals surface area contributed by atoms with Gasteiger partial charge < -0.3 is 19.9 Å². The van der Waals surface area contributed by atoms with Gasteiger partial charge in [0, 0.05) is 17.9 Å². The first-order valence-corrected chi connectivity index (χ1v) is 12.1. The van der Waals surface area contributed by atoms with Crippen molar-refractivity contribution in [3.63, 3.8) is 0 Å². The number of benzene rings is 4. The van der Waals surface area contributed by atoms with E-state index in [4.69, 9.17) is 9.47 Å². The smallest absolute Gasteiger partial charge is 0.407 e. The highest BCUT2D eigenvalue weighted by Gasteiger charge is 2.29. The second-order valence-corrected chi connectivity index (χ2v) is 8.97. The number of nitrogens with one attached hydrogen (secondary N) is 1. The van der Waals surface area contributed by atoms with E-state index in [0.29, 0.717) is 0 Å². The highest BCUT2D eigenvalue weighted by Crippen LogP contribution is 2.44. The summed E-state index contributed by atoms with van der Waals surface area (Å²) in [4.78, 5) is 24.7. The molecule has 2 N–H and O–H groups in total. The molecular weight excluding hydrogens is 466 g/mol. The van der Waals surface area contributed by atoms with E-state index in [-0.39, 0.29) is 18.9 Å². The zero-order valence-corrected chi connectivity index (χ0v) is 20.4. The Morgan fingerprint density at radius 2 is 1.46 bits per heavy atom. The van der Waals surface area contributed by atoms with Crippen molar-refractivity contribution in [1.29, 1.82) is 0 Å². The summed E-state index contributed by atoms with van der Waals surface area (Å²) >= 11 is 0. The summed E-state index contributed by atoms with van der Waals surface area (Å²) in [6.07, 6.45) is -0.641. The zero-order valence-electron chi connectivity index (χ0n) is 20.4. The lowest BCUT2D eigenvalue weighted by molar-refractivity contribution is -0.139. The van der Waals surface area contributed by atoms with Crippen LogP contribution in [0.15, 0.2) is 97.1 Å². The minimum absolute atomic E-state index is 0.0982. The molecule has 0 radical (unpaired) electrons. The molecule has 0 saturated heterocycles. The number of ether oxygens (including phenoxy) is 2. The van der Waals surface area contributed by atoms with Gasteiger partial charge in [-0.05, 0) is 39.4 Å². The number of hydrogen-bond acceptors (Lipinski definition) is 4. The molecule has 0 aliphatic heterocycles. The molecule has 0 saturated carbocycles. The quantitative estimate of drug-likeness (QED) is 0.319. The fourth-order valence-corrected chi connectivity index (χ4v) is 4.97. The predicted molar refractivity (Wildman–Crippen MR) is 142 cm³/mol. The third-order valence-corrected chi connectivity index (χ3v) is 6.72. The molecule has 0 aromatic heterocycles. The molecule has 0 bridgehead atoms. The van der Waals surface area contributed by atoms with Crippen molar-refractivity contribution in [3.8, 4) is 28.0 Å². The zero-order chi connectivity index (χ0) is 25.8. The number of rotatable bonds is 8. The first-order chi connectivity index (χ1) is 18.0. The number of carboxylic acids is 1. The number of para-hydroxylation sites is 1. The highest BCUT2D eigenvalue weighted by molar-refractivity contribution is 5.81. The number of fused-ring (bicyclic) bond motifs is 3. The minimum Gasteiger partial charge on any atom is -0.496 e. The summed E-state index contributed by atoms with van der Waals surface area (Å²) in [7, 11) is 1.61. The molecule has 0 spiro atoms. The van der Waals surface area contributed by atoms with E-state index in [1.165, 1.54) is 0 Å². The summed E-state index contributed by atoms with van der Waals surface area (Å²) in [5.41, 5.74) is 7.04. The molecule has 4 aromatic carbocycles. The Morgan fingerprint density at radius 1 is 0.838 bits per heavy atom. The third kappa shape index (κ3) is 5.05. The van der Waals surface area contributed by atoms with Crippen molar-refractivity contribution >= 4 is 12.1 Å². The Hall–Kier alpha value is -4.58. The average molecular weight is 494 g/mol. The van der Waals surface area contributed by atoms with Gasteiger partial charge >= 0.3 is 12.1 Å². The summed E-state index contributed by atoms with van der Waals surface area (Å²) in [6, 6.07) is 30.2. The van der Waals surface area contributed by atoms with Crippen molar-refractivity contribution < 1.29 is 24.2 Å². The van der Waals surface area contributed by atoms with Gasteiger partial charge in [-0.15, -0.1) is 0 Å². The van der Waals surface area contributed by atoms with Gasteiger partial charge in [0.25, 0.3) is 0 Å². The fourth-order valence-electron chi connectivity index (χ4n) is 4.97. The lowest BCUT2D eigenvalue weighted by Crippen LogP contribution is -2.42. The van der Waals surface area contributed by atoms with Gasteiger partial charge in [-0.3, -0.25) is 0 Å². The predicted octanol–water partition coefficient (Wildman–Crippen LogP) is 5.90. The Labute approximate surface area is 215 Å². The van der Waals surface area contributed by atoms with E-state index >= 15 is 0 Å². The van der Waals surface area contributed by atoms with Gasteiger partial charge in [0.15, 0.2) is 0 Å². The summed E-state index contributed by atoms with van der Waals surface area (Å²) in [5, 5.41) is 12.3. The Bertz CT molecular complexity index is 1400. The number of carbonyl (C=O) groups excluding carboxylic acids is 1. The van der Waals surface area contributed by atoms with E-state index in [9.17, 15) is 14.7 Å². The lowest BCUT2D eigenvalue weighted by atomic mass is 9.98. The highest BCUT2D eigenvalue weighted by atomic mass is 16.5. The normalized spacial score (nSPS) is 12.8. The Balaban J connectivity index is 1.27. The van der Waals surface area contributed by atoms with Crippen molar-refractivity contribution in [2.45, 2.75) is 18.4 Å². The number of amides is 1. The van der Waals surface area contributed by atoms with Gasteiger partial charge in [0.1, 0.15) is 18.4 Å². The van der Waals surface area contributed by atoms with Crippen molar-refractivity contribution in [3.05, 3.63) is 114 Å². The van der Waals surface area contributed by atoms with E-state index < -0.39 is 18.1 Å². The van der Waals surface area contributed by atoms with Crippen molar-refractivity contribution in [2.24, 2.45) is 0 Å². The maximum atomic E-state index is 12.7. The SMILES string of the molecule is COc1ccccc1-c1cccc(C[C@H](NC(=O)OCC2c3ccccc3-c3ccccc32)C(=O)O)c1. The summed E-state index contributed by atoms with van der Waals surface area (Å²) < 4.78 is 11.0. The van der Waals surface area contributed by atoms with Crippen molar-refractivity contribution in [1.82, 2.24) is 5.32 Å². The van der Waals surface area contributed by atoms with Gasteiger partial charge in [-0.2, -0.15) is 0 Å². The van der Waals surface area contributed by atoms with Crippen LogP contribution < -0.4 is 10.1 Å². The number of hydrogen-bond donors (Lipinski definition) is 2. The molecule has 1 aliphatic carbocycles. The molecule has 4 aromatic rings. The van der Waals surface area contributed by atoms with E-state index in [0.717, 1.165) is 44.7 Å². The van der Waals surface area contributed by atoms with Crippen LogP contribution in [0, 0.1) is 0 Å². The largest absolute Gasteiger partial charge is 0.496 e. The van der Waals surface area contributed by atoms with Crippen LogP contribution in [0.3, 0.4) is 0 Å². The summed E-state index contributed by atoms with van der Waals surface area (Å²) in [6.45, 7) is 0.121. The first kappa shape index (κ1) is 24.1. The number of alkyl carbamates (subject to hydrolysis) is 1. The molecule has 1 aliphatic rings. The standard InChI is InChI=1S/C31H27NO5/c1-36-29-16-7-6-11-22(29)21-10-8-9-20(17-21)18-28(30(33)34)32-31(35)37-19-27-25-14-4-2-12-23(25)24-13-3-5-15-26(24)27/h2-17,27-28H,18-19H2,1H3,(H,32,35)(H,33,34)/t28-/m0/s1. The van der Waals surface area contributed by atoms with Crippen molar-refractivity contribution in [2.75, 3.05) is 13.7 Å². The average Bonchev–Trinajstić information content (AvgIpc) is 3.25. The lowest BCUT2D eigenvalue weighted by Gasteiger charge is -2.18. The molecule has 1 amide bonds. The molecule has 186 valence electrons. The van der Waals surface area contributed by atoms with Crippen LogP contribution in [-0.2, 0) is 16.0 Å². The maximum absolute atomic E-state index is 12.7. The van der Waals surface area contributed by atoms with E-state index in [2.05, 4.69) is 17.4 Å². The fraction of sp³-hybridized carbons (Fsp3) is 0.161. The second-order valence-electron chi connectivity index (χ2n) is 8.97. The van der Waals surface area contributed by atoms with Crippen LogP contribution in [-0.4, -0.2) is 36.9 Å². The topological polar surface area (TPSA) is 84.9 Å². The van der Waals surface area contributed by atoms with Gasteiger partial charge in [0.2, 0.25) is 0 Å². The molecule has 0 heterocycles. The minimum atomic E-state index is -1.14. The molecule has 6 heteroatoms. The number of methoxy groups -OCH3 is 1. The molecular formula is C31H27NO5. The van der Waals surface area contributed by atoms with Crippen LogP contribution in [0.2, 0.25) is 0 Å². The van der Waals surface area contributed by atoms with Crippen LogP contribution in [0.5, 0.6) is 5.75 Å². The molecule has 0 fully saturated rings. The third-order valence-electron chi connectivity index (χ3n) is 6.72. The second kappa shape index (κ2) is 10.6. The van der Waals surface area contributed by atoms with Crippen LogP contribution in [0.25, 0.3) is 22.3 Å². The number of aliphatic carboxylic acids is 1. The molecule has 1 atom stereocenters. The first-order valence-electron chi connectivity index (χ1n) is 12.1. The Morgan fingerprint density at radius 3 is 2.11 bits per heavy atom. The van der Waals surface area contributed by atoms with Crippen LogP contribution in [0.4, 0.5) is 4.79 Å².